The molecule has 0 aliphatic carbocycles. The van der Waals surface area contributed by atoms with E-state index in [4.69, 9.17) is 8.92 Å². The van der Waals surface area contributed by atoms with E-state index >= 15 is 0 Å². The summed E-state index contributed by atoms with van der Waals surface area (Å²) in [5.74, 6) is 0. The summed E-state index contributed by atoms with van der Waals surface area (Å²) in [6.07, 6.45) is 1.61. The van der Waals surface area contributed by atoms with Crippen LogP contribution < -0.4 is 5.32 Å². The van der Waals surface area contributed by atoms with E-state index in [9.17, 15) is 8.42 Å². The van der Waals surface area contributed by atoms with Crippen molar-refractivity contribution < 1.29 is 17.3 Å². The molecule has 5 nitrogen and oxygen atoms in total. The summed E-state index contributed by atoms with van der Waals surface area (Å²) in [4.78, 5) is 0. The van der Waals surface area contributed by atoms with Gasteiger partial charge < -0.3 is 10.1 Å². The van der Waals surface area contributed by atoms with Crippen LogP contribution >= 0.6 is 12.4 Å². The molecule has 1 unspecified atom stereocenters. The number of halogens is 1. The van der Waals surface area contributed by atoms with Crippen LogP contribution in [0.25, 0.3) is 0 Å². The Kier molecular flexibility index (Phi) is 5.21. The molecule has 2 heterocycles. The largest absolute Gasteiger partial charge is 0.381 e. The lowest BCUT2D eigenvalue weighted by Gasteiger charge is -2.36. The highest BCUT2D eigenvalue weighted by atomic mass is 35.5. The van der Waals surface area contributed by atoms with E-state index in [0.717, 1.165) is 19.4 Å². The smallest absolute Gasteiger partial charge is 0.272 e. The minimum Gasteiger partial charge on any atom is -0.381 e. The van der Waals surface area contributed by atoms with Gasteiger partial charge in [0.05, 0.1) is 6.61 Å². The van der Waals surface area contributed by atoms with Crippen LogP contribution in [0.1, 0.15) is 19.8 Å². The topological polar surface area (TPSA) is 64.6 Å². The third-order valence-electron chi connectivity index (χ3n) is 3.61. The number of nitrogens with one attached hydrogen (secondary N) is 1. The molecule has 0 amide bonds. The van der Waals surface area contributed by atoms with Gasteiger partial charge in [0.2, 0.25) is 0 Å². The number of rotatable bonds is 3. The molecule has 1 atom stereocenters. The maximum atomic E-state index is 12.0. The van der Waals surface area contributed by atoms with Crippen molar-refractivity contribution in [2.45, 2.75) is 25.0 Å². The van der Waals surface area contributed by atoms with Gasteiger partial charge in [-0.25, -0.2) is 0 Å². The second kappa shape index (κ2) is 5.84. The van der Waals surface area contributed by atoms with Crippen molar-refractivity contribution in [2.24, 2.45) is 5.41 Å². The third-order valence-corrected chi connectivity index (χ3v) is 5.54. The fourth-order valence-corrected chi connectivity index (χ4v) is 4.46. The Bertz CT molecular complexity index is 340. The van der Waals surface area contributed by atoms with Crippen molar-refractivity contribution in [2.75, 3.05) is 32.9 Å². The molecule has 2 rings (SSSR count). The number of ether oxygens (including phenoxy) is 1. The lowest BCUT2D eigenvalue weighted by molar-refractivity contribution is 0.0247. The lowest BCUT2D eigenvalue weighted by Crippen LogP contribution is -2.44. The van der Waals surface area contributed by atoms with Crippen LogP contribution in [0.4, 0.5) is 0 Å². The second-order valence-electron chi connectivity index (χ2n) is 4.49. The van der Waals surface area contributed by atoms with Gasteiger partial charge in [0, 0.05) is 31.7 Å². The molecule has 0 bridgehead atoms. The Morgan fingerprint density at radius 2 is 2.06 bits per heavy atom. The minimum absolute atomic E-state index is 0. The van der Waals surface area contributed by atoms with Gasteiger partial charge in [0.1, 0.15) is 5.25 Å². The maximum absolute atomic E-state index is 12.0. The molecule has 2 aliphatic rings. The van der Waals surface area contributed by atoms with Crippen LogP contribution in [0.2, 0.25) is 0 Å². The third kappa shape index (κ3) is 2.93. The Hall–Kier alpha value is 0.120. The van der Waals surface area contributed by atoms with Gasteiger partial charge in [-0.2, -0.15) is 8.42 Å². The molecule has 0 aromatic rings. The molecule has 1 N–H and O–H groups in total. The molecule has 0 saturated carbocycles. The molecule has 2 fully saturated rings. The van der Waals surface area contributed by atoms with Gasteiger partial charge in [0.25, 0.3) is 10.1 Å². The van der Waals surface area contributed by atoms with Crippen molar-refractivity contribution in [1.82, 2.24) is 5.32 Å². The Labute approximate surface area is 109 Å². The van der Waals surface area contributed by atoms with Crippen LogP contribution in [0, 0.1) is 5.41 Å². The van der Waals surface area contributed by atoms with Gasteiger partial charge in [-0.3, -0.25) is 4.18 Å². The van der Waals surface area contributed by atoms with E-state index in [1.165, 1.54) is 0 Å². The van der Waals surface area contributed by atoms with E-state index < -0.39 is 15.4 Å². The molecular weight excluding hydrogens is 266 g/mol. The zero-order valence-corrected chi connectivity index (χ0v) is 11.6. The maximum Gasteiger partial charge on any atom is 0.272 e. The highest BCUT2D eigenvalue weighted by molar-refractivity contribution is 7.87. The van der Waals surface area contributed by atoms with Crippen molar-refractivity contribution in [3.05, 3.63) is 0 Å². The average molecular weight is 286 g/mol. The van der Waals surface area contributed by atoms with Crippen LogP contribution in [-0.2, 0) is 19.0 Å². The van der Waals surface area contributed by atoms with Gasteiger partial charge >= 0.3 is 0 Å². The van der Waals surface area contributed by atoms with Gasteiger partial charge in [-0.1, -0.05) is 0 Å². The van der Waals surface area contributed by atoms with E-state index in [0.29, 0.717) is 19.8 Å². The Morgan fingerprint density at radius 1 is 1.41 bits per heavy atom. The first kappa shape index (κ1) is 15.2. The van der Waals surface area contributed by atoms with E-state index in [2.05, 4.69) is 5.32 Å². The number of hydrogen-bond acceptors (Lipinski definition) is 5. The zero-order chi connectivity index (χ0) is 11.6. The quantitative estimate of drug-likeness (QED) is 0.767. The van der Waals surface area contributed by atoms with Crippen LogP contribution in [0.15, 0.2) is 0 Å². The molecule has 17 heavy (non-hydrogen) atoms. The monoisotopic (exact) mass is 285 g/mol. The molecular formula is C10H20ClNO4S. The molecule has 102 valence electrons. The van der Waals surface area contributed by atoms with Crippen molar-refractivity contribution in [1.29, 1.82) is 0 Å². The standard InChI is InChI=1S/C10H19NO4S.ClH/c1-2-15-16(12,13)9-7-11-8-10(9)3-5-14-6-4-10;/h9,11H,2-8H2,1H3;1H. The predicted molar refractivity (Wildman–Crippen MR) is 66.9 cm³/mol. The Balaban J connectivity index is 0.00000144. The molecule has 2 aliphatic heterocycles. The summed E-state index contributed by atoms with van der Waals surface area (Å²) in [6.45, 7) is 4.48. The summed E-state index contributed by atoms with van der Waals surface area (Å²) < 4.78 is 34.3. The van der Waals surface area contributed by atoms with E-state index in [1.807, 2.05) is 0 Å². The van der Waals surface area contributed by atoms with Crippen LogP contribution in [0.5, 0.6) is 0 Å². The van der Waals surface area contributed by atoms with Crippen LogP contribution in [-0.4, -0.2) is 46.6 Å². The molecule has 2 saturated heterocycles. The molecule has 0 aromatic heterocycles. The first-order valence-corrected chi connectivity index (χ1v) is 7.24. The number of hydrogen-bond donors (Lipinski definition) is 1. The highest BCUT2D eigenvalue weighted by Crippen LogP contribution is 2.40. The summed E-state index contributed by atoms with van der Waals surface area (Å²) in [5.41, 5.74) is -0.174. The highest BCUT2D eigenvalue weighted by Gasteiger charge is 2.50. The molecule has 7 heteroatoms. The fraction of sp³-hybridized carbons (Fsp3) is 1.00. The van der Waals surface area contributed by atoms with E-state index in [-0.39, 0.29) is 24.4 Å². The van der Waals surface area contributed by atoms with Crippen molar-refractivity contribution >= 4 is 22.5 Å². The summed E-state index contributed by atoms with van der Waals surface area (Å²) in [7, 11) is -3.44. The predicted octanol–water partition coefficient (Wildman–Crippen LogP) is 0.543. The van der Waals surface area contributed by atoms with Crippen molar-refractivity contribution in [3.63, 3.8) is 0 Å². The minimum atomic E-state index is -3.44. The van der Waals surface area contributed by atoms with Crippen LogP contribution in [0.3, 0.4) is 0 Å². The fourth-order valence-electron chi connectivity index (χ4n) is 2.71. The first-order chi connectivity index (χ1) is 7.61. The SMILES string of the molecule is CCOS(=O)(=O)C1CNCC12CCOCC2.Cl. The normalized spacial score (nSPS) is 27.9. The molecule has 0 aromatic carbocycles. The summed E-state index contributed by atoms with van der Waals surface area (Å²) in [5, 5.41) is 2.77. The van der Waals surface area contributed by atoms with Gasteiger partial charge in [0.15, 0.2) is 0 Å². The average Bonchev–Trinajstić information content (AvgIpc) is 2.63. The summed E-state index contributed by atoms with van der Waals surface area (Å²) in [6, 6.07) is 0. The first-order valence-electron chi connectivity index (χ1n) is 5.77. The van der Waals surface area contributed by atoms with Crippen molar-refractivity contribution in [3.8, 4) is 0 Å². The Morgan fingerprint density at radius 3 is 2.65 bits per heavy atom. The molecule has 1 spiro atoms. The van der Waals surface area contributed by atoms with Gasteiger partial charge in [-0.05, 0) is 19.8 Å². The molecule has 0 radical (unpaired) electrons. The second-order valence-corrected chi connectivity index (χ2v) is 6.28. The van der Waals surface area contributed by atoms with Gasteiger partial charge in [-0.15, -0.1) is 12.4 Å². The van der Waals surface area contributed by atoms with E-state index in [1.54, 1.807) is 6.92 Å². The summed E-state index contributed by atoms with van der Waals surface area (Å²) >= 11 is 0. The lowest BCUT2D eigenvalue weighted by atomic mass is 9.79. The zero-order valence-electron chi connectivity index (χ0n) is 9.98.